The van der Waals surface area contributed by atoms with E-state index in [1.807, 2.05) is 4.90 Å². The molecule has 2 saturated heterocycles. The molecule has 0 unspecified atom stereocenters. The first-order valence-corrected chi connectivity index (χ1v) is 8.83. The van der Waals surface area contributed by atoms with Gasteiger partial charge in [-0.05, 0) is 30.0 Å². The Bertz CT molecular complexity index is 1040. The second kappa shape index (κ2) is 6.92. The SMILES string of the molecule is Cl.NC(=O)c1ncn2c(C(=O)N3C[C@H]4CNC[C@H]4C3)cc(-c3ccco3)nc12. The van der Waals surface area contributed by atoms with Gasteiger partial charge in [-0.1, -0.05) is 0 Å². The van der Waals surface area contributed by atoms with Crippen LogP contribution in [0.25, 0.3) is 17.1 Å². The Labute approximate surface area is 166 Å². The quantitative estimate of drug-likeness (QED) is 0.669. The van der Waals surface area contributed by atoms with Crippen LogP contribution in [0.5, 0.6) is 0 Å². The van der Waals surface area contributed by atoms with E-state index in [1.165, 1.54) is 17.0 Å². The predicted octanol–water partition coefficient (Wildman–Crippen LogP) is 0.801. The lowest BCUT2D eigenvalue weighted by Crippen LogP contribution is -2.33. The number of primary amides is 1. The fourth-order valence-electron chi connectivity index (χ4n) is 4.04. The van der Waals surface area contributed by atoms with E-state index in [2.05, 4.69) is 15.3 Å². The number of halogens is 1. The maximum Gasteiger partial charge on any atom is 0.271 e. The van der Waals surface area contributed by atoms with Crippen molar-refractivity contribution in [3.63, 3.8) is 0 Å². The van der Waals surface area contributed by atoms with E-state index in [1.54, 1.807) is 18.2 Å². The third-order valence-corrected chi connectivity index (χ3v) is 5.40. The van der Waals surface area contributed by atoms with Gasteiger partial charge in [0, 0.05) is 26.2 Å². The summed E-state index contributed by atoms with van der Waals surface area (Å²) in [6.07, 6.45) is 2.95. The summed E-state index contributed by atoms with van der Waals surface area (Å²) in [5.74, 6) is 0.671. The first-order chi connectivity index (χ1) is 13.1. The highest BCUT2D eigenvalue weighted by atomic mass is 35.5. The molecule has 2 aliphatic heterocycles. The molecule has 5 heterocycles. The topological polar surface area (TPSA) is 119 Å². The fourth-order valence-corrected chi connectivity index (χ4v) is 4.04. The van der Waals surface area contributed by atoms with Gasteiger partial charge in [0.05, 0.1) is 6.26 Å². The average Bonchev–Trinajstić information content (AvgIpc) is 3.42. The van der Waals surface area contributed by atoms with E-state index in [9.17, 15) is 9.59 Å². The van der Waals surface area contributed by atoms with Crippen LogP contribution in [0.4, 0.5) is 0 Å². The molecule has 2 amide bonds. The second-order valence-corrected chi connectivity index (χ2v) is 7.04. The van der Waals surface area contributed by atoms with E-state index in [0.29, 0.717) is 42.1 Å². The van der Waals surface area contributed by atoms with Gasteiger partial charge in [-0.25, -0.2) is 9.97 Å². The van der Waals surface area contributed by atoms with Crippen LogP contribution in [0.1, 0.15) is 21.0 Å². The van der Waals surface area contributed by atoms with Crippen molar-refractivity contribution in [3.8, 4) is 11.5 Å². The fraction of sp³-hybridized carbons (Fsp3) is 0.333. The number of imidazole rings is 1. The molecule has 28 heavy (non-hydrogen) atoms. The second-order valence-electron chi connectivity index (χ2n) is 7.04. The van der Waals surface area contributed by atoms with Crippen molar-refractivity contribution < 1.29 is 14.0 Å². The van der Waals surface area contributed by atoms with E-state index in [0.717, 1.165) is 13.1 Å². The zero-order chi connectivity index (χ0) is 18.5. The highest BCUT2D eigenvalue weighted by Gasteiger charge is 2.39. The van der Waals surface area contributed by atoms with E-state index < -0.39 is 5.91 Å². The van der Waals surface area contributed by atoms with Gasteiger partial charge < -0.3 is 20.4 Å². The maximum absolute atomic E-state index is 13.3. The Kier molecular flexibility index (Phi) is 4.56. The van der Waals surface area contributed by atoms with E-state index in [4.69, 9.17) is 10.2 Å². The lowest BCUT2D eigenvalue weighted by Gasteiger charge is -2.18. The molecule has 3 aromatic rings. The molecule has 9 nitrogen and oxygen atoms in total. The van der Waals surface area contributed by atoms with Crippen LogP contribution >= 0.6 is 12.4 Å². The van der Waals surface area contributed by atoms with Crippen molar-refractivity contribution in [2.45, 2.75) is 0 Å². The molecule has 2 atom stereocenters. The van der Waals surface area contributed by atoms with Crippen molar-refractivity contribution in [1.29, 1.82) is 0 Å². The predicted molar refractivity (Wildman–Crippen MR) is 102 cm³/mol. The van der Waals surface area contributed by atoms with Crippen LogP contribution in [0.15, 0.2) is 35.2 Å². The normalized spacial score (nSPS) is 20.9. The maximum atomic E-state index is 13.3. The molecule has 0 spiro atoms. The van der Waals surface area contributed by atoms with Gasteiger partial charge >= 0.3 is 0 Å². The van der Waals surface area contributed by atoms with Gasteiger partial charge in [0.25, 0.3) is 11.8 Å². The van der Waals surface area contributed by atoms with Gasteiger partial charge in [-0.2, -0.15) is 0 Å². The zero-order valence-corrected chi connectivity index (χ0v) is 15.7. The average molecular weight is 403 g/mol. The van der Waals surface area contributed by atoms with Crippen LogP contribution < -0.4 is 11.1 Å². The summed E-state index contributed by atoms with van der Waals surface area (Å²) in [5, 5.41) is 3.37. The molecule has 2 aliphatic rings. The molecule has 146 valence electrons. The van der Waals surface area contributed by atoms with Crippen LogP contribution in [0.2, 0.25) is 0 Å². The Balaban J connectivity index is 0.00000192. The number of rotatable bonds is 3. The summed E-state index contributed by atoms with van der Waals surface area (Å²) in [7, 11) is 0. The summed E-state index contributed by atoms with van der Waals surface area (Å²) in [6.45, 7) is 3.31. The van der Waals surface area contributed by atoms with E-state index in [-0.39, 0.29) is 29.7 Å². The molecule has 0 aromatic carbocycles. The Morgan fingerprint density at radius 3 is 2.64 bits per heavy atom. The summed E-state index contributed by atoms with van der Waals surface area (Å²) >= 11 is 0. The molecular weight excluding hydrogens is 384 g/mol. The van der Waals surface area contributed by atoms with Gasteiger partial charge in [0.15, 0.2) is 17.1 Å². The molecule has 0 saturated carbocycles. The number of amides is 2. The summed E-state index contributed by atoms with van der Waals surface area (Å²) in [6, 6.07) is 5.16. The number of nitrogens with one attached hydrogen (secondary N) is 1. The Hall–Kier alpha value is -2.91. The number of fused-ring (bicyclic) bond motifs is 2. The van der Waals surface area contributed by atoms with Gasteiger partial charge in [0.2, 0.25) is 0 Å². The zero-order valence-electron chi connectivity index (χ0n) is 14.9. The van der Waals surface area contributed by atoms with Crippen LogP contribution in [-0.4, -0.2) is 57.3 Å². The van der Waals surface area contributed by atoms with Gasteiger partial charge in [-0.15, -0.1) is 12.4 Å². The molecule has 0 aliphatic carbocycles. The van der Waals surface area contributed by atoms with Crippen LogP contribution in [0, 0.1) is 11.8 Å². The summed E-state index contributed by atoms with van der Waals surface area (Å²) < 4.78 is 6.95. The molecule has 0 radical (unpaired) electrons. The lowest BCUT2D eigenvalue weighted by atomic mass is 10.0. The number of likely N-dealkylation sites (tertiary alicyclic amines) is 1. The number of nitrogens with zero attached hydrogens (tertiary/aromatic N) is 4. The minimum absolute atomic E-state index is 0. The van der Waals surface area contributed by atoms with Crippen LogP contribution in [0.3, 0.4) is 0 Å². The third kappa shape index (κ3) is 2.83. The molecule has 3 aromatic heterocycles. The number of carbonyl (C=O) groups is 2. The Morgan fingerprint density at radius 2 is 2.00 bits per heavy atom. The smallest absolute Gasteiger partial charge is 0.271 e. The summed E-state index contributed by atoms with van der Waals surface area (Å²) in [5.41, 5.74) is 6.55. The van der Waals surface area contributed by atoms with Gasteiger partial charge in [0.1, 0.15) is 17.7 Å². The van der Waals surface area contributed by atoms with Gasteiger partial charge in [-0.3, -0.25) is 14.0 Å². The molecular formula is C18H19ClN6O3. The molecule has 0 bridgehead atoms. The number of carbonyl (C=O) groups excluding carboxylic acids is 2. The highest BCUT2D eigenvalue weighted by molar-refractivity contribution is 5.99. The number of furan rings is 1. The third-order valence-electron chi connectivity index (χ3n) is 5.40. The first kappa shape index (κ1) is 18.5. The molecule has 5 rings (SSSR count). The largest absolute Gasteiger partial charge is 0.463 e. The van der Waals surface area contributed by atoms with Crippen LogP contribution in [-0.2, 0) is 0 Å². The standard InChI is InChI=1S/C18H18N6O3.ClH/c19-16(25)15-17-22-12(14-2-1-3-27-14)4-13(24(17)9-21-15)18(26)23-7-10-5-20-6-11(10)8-23;/h1-4,9-11,20H,5-8H2,(H2,19,25);1H/t10-,11+;. The van der Waals surface area contributed by atoms with Crippen molar-refractivity contribution >= 4 is 29.9 Å². The first-order valence-electron chi connectivity index (χ1n) is 8.83. The number of aromatic nitrogens is 3. The Morgan fingerprint density at radius 1 is 1.25 bits per heavy atom. The number of nitrogens with two attached hydrogens (primary N) is 1. The molecule has 2 fully saturated rings. The minimum atomic E-state index is -0.693. The summed E-state index contributed by atoms with van der Waals surface area (Å²) in [4.78, 5) is 35.4. The van der Waals surface area contributed by atoms with Crippen molar-refractivity contribution in [2.75, 3.05) is 26.2 Å². The minimum Gasteiger partial charge on any atom is -0.463 e. The van der Waals surface area contributed by atoms with Crippen molar-refractivity contribution in [2.24, 2.45) is 17.6 Å². The van der Waals surface area contributed by atoms with E-state index >= 15 is 0 Å². The number of hydrogen-bond donors (Lipinski definition) is 2. The van der Waals surface area contributed by atoms with Crippen molar-refractivity contribution in [3.05, 3.63) is 42.2 Å². The number of hydrogen-bond acceptors (Lipinski definition) is 6. The molecule has 10 heteroatoms. The monoisotopic (exact) mass is 402 g/mol. The highest BCUT2D eigenvalue weighted by Crippen LogP contribution is 2.29. The lowest BCUT2D eigenvalue weighted by molar-refractivity contribution is 0.0774. The van der Waals surface area contributed by atoms with Crippen molar-refractivity contribution in [1.82, 2.24) is 24.6 Å². The molecule has 3 N–H and O–H groups in total.